The first-order valence-electron chi connectivity index (χ1n) is 7.07. The van der Waals surface area contributed by atoms with E-state index in [1.807, 2.05) is 6.07 Å². The van der Waals surface area contributed by atoms with Gasteiger partial charge in [0.25, 0.3) is 5.92 Å². The first kappa shape index (κ1) is 16.7. The number of halogens is 2. The van der Waals surface area contributed by atoms with E-state index in [1.54, 1.807) is 30.3 Å². The maximum atomic E-state index is 14.4. The molecule has 0 saturated heterocycles. The minimum absolute atomic E-state index is 0.00739. The molecule has 1 amide bonds. The average molecular weight is 317 g/mol. The molecule has 0 fully saturated rings. The Morgan fingerprint density at radius 3 is 2.26 bits per heavy atom. The molecule has 120 valence electrons. The Morgan fingerprint density at radius 1 is 1.13 bits per heavy atom. The normalized spacial score (nSPS) is 12.3. The maximum Gasteiger partial charge on any atom is 0.408 e. The molecule has 0 spiro atoms. The number of alkyl halides is 2. The molecule has 5 heteroatoms. The molecule has 0 aromatic heterocycles. The van der Waals surface area contributed by atoms with Crippen molar-refractivity contribution in [3.8, 4) is 0 Å². The van der Waals surface area contributed by atoms with E-state index in [-0.39, 0.29) is 12.2 Å². The van der Waals surface area contributed by atoms with Crippen molar-refractivity contribution in [2.45, 2.75) is 18.6 Å². The first-order chi connectivity index (χ1) is 11.0. The van der Waals surface area contributed by atoms with Crippen molar-refractivity contribution in [2.24, 2.45) is 0 Å². The van der Waals surface area contributed by atoms with Gasteiger partial charge in [-0.1, -0.05) is 66.7 Å². The number of hydrogen-bond acceptors (Lipinski definition) is 2. The number of rotatable bonds is 6. The van der Waals surface area contributed by atoms with Gasteiger partial charge in [0.1, 0.15) is 12.6 Å². The zero-order chi connectivity index (χ0) is 16.7. The zero-order valence-corrected chi connectivity index (χ0v) is 12.4. The third-order valence-electron chi connectivity index (χ3n) is 3.27. The summed E-state index contributed by atoms with van der Waals surface area (Å²) in [5.74, 6) is -3.28. The van der Waals surface area contributed by atoms with Crippen molar-refractivity contribution in [2.75, 3.05) is 0 Å². The quantitative estimate of drug-likeness (QED) is 0.809. The van der Waals surface area contributed by atoms with E-state index in [2.05, 4.69) is 11.9 Å². The topological polar surface area (TPSA) is 38.3 Å². The second-order valence-electron chi connectivity index (χ2n) is 4.91. The van der Waals surface area contributed by atoms with Crippen LogP contribution < -0.4 is 5.32 Å². The highest BCUT2D eigenvalue weighted by atomic mass is 19.3. The minimum Gasteiger partial charge on any atom is -0.445 e. The van der Waals surface area contributed by atoms with Crippen LogP contribution >= 0.6 is 0 Å². The van der Waals surface area contributed by atoms with Crippen molar-refractivity contribution in [1.29, 1.82) is 0 Å². The number of carbonyl (C=O) groups excluding carboxylic acids is 1. The van der Waals surface area contributed by atoms with Crippen LogP contribution in [0.5, 0.6) is 0 Å². The molecule has 1 N–H and O–H groups in total. The molecule has 3 nitrogen and oxygen atoms in total. The van der Waals surface area contributed by atoms with Crippen LogP contribution in [0.1, 0.15) is 11.1 Å². The van der Waals surface area contributed by atoms with Gasteiger partial charge in [-0.2, -0.15) is 8.78 Å². The summed E-state index contributed by atoms with van der Waals surface area (Å²) >= 11 is 0. The van der Waals surface area contributed by atoms with E-state index in [0.717, 1.165) is 11.6 Å². The van der Waals surface area contributed by atoms with Gasteiger partial charge in [0.2, 0.25) is 0 Å². The number of hydrogen-bond donors (Lipinski definition) is 1. The van der Waals surface area contributed by atoms with Gasteiger partial charge in [-0.25, -0.2) is 4.79 Å². The molecule has 1 atom stereocenters. The molecule has 0 heterocycles. The van der Waals surface area contributed by atoms with E-state index >= 15 is 0 Å². The monoisotopic (exact) mass is 317 g/mol. The molecule has 0 saturated carbocycles. The number of amides is 1. The summed E-state index contributed by atoms with van der Waals surface area (Å²) < 4.78 is 33.8. The standard InChI is InChI=1S/C18H17F2NO2/c1-2-16(18(19,20)15-11-7-4-8-12-15)21-17(22)23-13-14-9-5-3-6-10-14/h2-12,16H,1,13H2,(H,21,22)/t16-/m0/s1. The van der Waals surface area contributed by atoms with Gasteiger partial charge >= 0.3 is 6.09 Å². The highest BCUT2D eigenvalue weighted by molar-refractivity contribution is 5.68. The second kappa shape index (κ2) is 7.54. The Hall–Kier alpha value is -2.69. The van der Waals surface area contributed by atoms with Gasteiger partial charge in [-0.05, 0) is 5.56 Å². The minimum atomic E-state index is -3.28. The van der Waals surface area contributed by atoms with Crippen molar-refractivity contribution in [1.82, 2.24) is 5.32 Å². The lowest BCUT2D eigenvalue weighted by atomic mass is 10.0. The van der Waals surface area contributed by atoms with Crippen LogP contribution in [-0.4, -0.2) is 12.1 Å². The molecule has 0 aliphatic carbocycles. The van der Waals surface area contributed by atoms with Crippen LogP contribution in [0, 0.1) is 0 Å². The molecular weight excluding hydrogens is 300 g/mol. The molecular formula is C18H17F2NO2. The Bertz CT molecular complexity index is 645. The molecule has 0 radical (unpaired) electrons. The predicted molar refractivity (Wildman–Crippen MR) is 84.1 cm³/mol. The lowest BCUT2D eigenvalue weighted by Crippen LogP contribution is -2.44. The summed E-state index contributed by atoms with van der Waals surface area (Å²) in [7, 11) is 0. The van der Waals surface area contributed by atoms with Crippen molar-refractivity contribution < 1.29 is 18.3 Å². The highest BCUT2D eigenvalue weighted by Gasteiger charge is 2.40. The van der Waals surface area contributed by atoms with Crippen molar-refractivity contribution in [3.63, 3.8) is 0 Å². The Labute approximate surface area is 133 Å². The van der Waals surface area contributed by atoms with E-state index < -0.39 is 18.1 Å². The summed E-state index contributed by atoms with van der Waals surface area (Å²) in [4.78, 5) is 11.7. The van der Waals surface area contributed by atoms with Crippen molar-refractivity contribution >= 4 is 6.09 Å². The lowest BCUT2D eigenvalue weighted by molar-refractivity contribution is -0.0282. The molecule has 2 aromatic carbocycles. The SMILES string of the molecule is C=C[C@H](NC(=O)OCc1ccccc1)C(F)(F)c1ccccc1. The lowest BCUT2D eigenvalue weighted by Gasteiger charge is -2.25. The van der Waals surface area contributed by atoms with Gasteiger partial charge in [0.15, 0.2) is 0 Å². The average Bonchev–Trinajstić information content (AvgIpc) is 2.59. The van der Waals surface area contributed by atoms with Crippen LogP contribution in [-0.2, 0) is 17.3 Å². The molecule has 2 aromatic rings. The fraction of sp³-hybridized carbons (Fsp3) is 0.167. The van der Waals surface area contributed by atoms with Gasteiger partial charge in [-0.3, -0.25) is 0 Å². The van der Waals surface area contributed by atoms with E-state index in [1.165, 1.54) is 24.3 Å². The number of ether oxygens (including phenoxy) is 1. The van der Waals surface area contributed by atoms with Gasteiger partial charge in [-0.15, -0.1) is 6.58 Å². The molecule has 0 aliphatic heterocycles. The molecule has 0 unspecified atom stereocenters. The summed E-state index contributed by atoms with van der Waals surface area (Å²) in [6.07, 6.45) is 0.0749. The highest BCUT2D eigenvalue weighted by Crippen LogP contribution is 2.32. The van der Waals surface area contributed by atoms with Crippen molar-refractivity contribution in [3.05, 3.63) is 84.4 Å². The molecule has 2 rings (SSSR count). The van der Waals surface area contributed by atoms with Crippen LogP contribution in [0.4, 0.5) is 13.6 Å². The number of carbonyl (C=O) groups is 1. The van der Waals surface area contributed by atoms with Gasteiger partial charge < -0.3 is 10.1 Å². The number of nitrogens with one attached hydrogen (secondary N) is 1. The summed E-state index contributed by atoms with van der Waals surface area (Å²) in [5, 5.41) is 2.15. The van der Waals surface area contributed by atoms with Crippen LogP contribution in [0.25, 0.3) is 0 Å². The van der Waals surface area contributed by atoms with Gasteiger partial charge in [0.05, 0.1) is 0 Å². The molecule has 0 aliphatic rings. The fourth-order valence-electron chi connectivity index (χ4n) is 2.03. The van der Waals surface area contributed by atoms with Gasteiger partial charge in [0, 0.05) is 5.56 Å². The predicted octanol–water partition coefficient (Wildman–Crippen LogP) is 4.26. The molecule has 23 heavy (non-hydrogen) atoms. The Morgan fingerprint density at radius 2 is 1.70 bits per heavy atom. The third kappa shape index (κ3) is 4.39. The van der Waals surface area contributed by atoms with E-state index in [0.29, 0.717) is 0 Å². The van der Waals surface area contributed by atoms with E-state index in [9.17, 15) is 13.6 Å². The fourth-order valence-corrected chi connectivity index (χ4v) is 2.03. The van der Waals surface area contributed by atoms with Crippen LogP contribution in [0.3, 0.4) is 0 Å². The largest absolute Gasteiger partial charge is 0.445 e. The second-order valence-corrected chi connectivity index (χ2v) is 4.91. The molecule has 0 bridgehead atoms. The summed E-state index contributed by atoms with van der Waals surface area (Å²) in [6.45, 7) is 3.38. The summed E-state index contributed by atoms with van der Waals surface area (Å²) in [6, 6.07) is 14.7. The maximum absolute atomic E-state index is 14.4. The Balaban J connectivity index is 1.98. The van der Waals surface area contributed by atoms with Crippen LogP contribution in [0.15, 0.2) is 73.3 Å². The first-order valence-corrected chi connectivity index (χ1v) is 7.07. The Kier molecular flexibility index (Phi) is 5.46. The van der Waals surface area contributed by atoms with Crippen LogP contribution in [0.2, 0.25) is 0 Å². The van der Waals surface area contributed by atoms with E-state index in [4.69, 9.17) is 4.74 Å². The summed E-state index contributed by atoms with van der Waals surface area (Å²) in [5.41, 5.74) is 0.570. The smallest absolute Gasteiger partial charge is 0.408 e. The number of alkyl carbamates (subject to hydrolysis) is 1. The zero-order valence-electron chi connectivity index (χ0n) is 12.4. The third-order valence-corrected chi connectivity index (χ3v) is 3.27. The number of benzene rings is 2.